The summed E-state index contributed by atoms with van der Waals surface area (Å²) in [5.41, 5.74) is 0.750. The van der Waals surface area contributed by atoms with Crippen molar-refractivity contribution in [3.05, 3.63) is 35.4 Å². The summed E-state index contributed by atoms with van der Waals surface area (Å²) in [6.07, 6.45) is 1.01. The molecule has 0 saturated heterocycles. The predicted molar refractivity (Wildman–Crippen MR) is 98.1 cm³/mol. The van der Waals surface area contributed by atoms with Gasteiger partial charge in [-0.05, 0) is 37.1 Å². The Hall–Kier alpha value is -1.73. The van der Waals surface area contributed by atoms with Crippen molar-refractivity contribution in [2.75, 3.05) is 54.0 Å². The van der Waals surface area contributed by atoms with Crippen LogP contribution in [0.4, 0.5) is 8.78 Å². The van der Waals surface area contributed by atoms with Gasteiger partial charge in [0.1, 0.15) is 0 Å². The Labute approximate surface area is 149 Å². The molecule has 142 valence electrons. The van der Waals surface area contributed by atoms with Crippen LogP contribution in [0, 0.1) is 11.6 Å². The van der Waals surface area contributed by atoms with Crippen molar-refractivity contribution in [3.8, 4) is 0 Å². The summed E-state index contributed by atoms with van der Waals surface area (Å²) < 4.78 is 31.4. The molecule has 0 amide bonds. The zero-order chi connectivity index (χ0) is 18.7. The van der Waals surface area contributed by atoms with E-state index in [2.05, 4.69) is 27.6 Å². The fraction of sp³-hybridized carbons (Fsp3) is 0.611. The van der Waals surface area contributed by atoms with E-state index in [1.807, 2.05) is 6.92 Å². The van der Waals surface area contributed by atoms with Gasteiger partial charge in [0.2, 0.25) is 0 Å². The second kappa shape index (κ2) is 11.8. The number of aliphatic imine (C=N–C) groups is 1. The summed E-state index contributed by atoms with van der Waals surface area (Å²) in [7, 11) is 5.48. The zero-order valence-corrected chi connectivity index (χ0v) is 15.6. The average molecular weight is 356 g/mol. The molecule has 0 radical (unpaired) electrons. The van der Waals surface area contributed by atoms with Crippen molar-refractivity contribution in [1.29, 1.82) is 0 Å². The third-order valence-corrected chi connectivity index (χ3v) is 3.99. The minimum Gasteiger partial charge on any atom is -0.385 e. The first-order valence-corrected chi connectivity index (χ1v) is 8.54. The maximum atomic E-state index is 13.3. The smallest absolute Gasteiger partial charge is 0.191 e. The summed E-state index contributed by atoms with van der Waals surface area (Å²) in [5.74, 6) is -0.913. The van der Waals surface area contributed by atoms with Gasteiger partial charge in [-0.1, -0.05) is 13.0 Å². The van der Waals surface area contributed by atoms with E-state index in [-0.39, 0.29) is 5.92 Å². The van der Waals surface area contributed by atoms with Gasteiger partial charge >= 0.3 is 0 Å². The molecule has 7 heteroatoms. The van der Waals surface area contributed by atoms with Gasteiger partial charge in [-0.3, -0.25) is 4.99 Å². The van der Waals surface area contributed by atoms with Crippen LogP contribution >= 0.6 is 0 Å². The minimum absolute atomic E-state index is 0.0327. The van der Waals surface area contributed by atoms with E-state index in [9.17, 15) is 8.78 Å². The Balaban J connectivity index is 2.32. The Kier molecular flexibility index (Phi) is 10.0. The van der Waals surface area contributed by atoms with Gasteiger partial charge in [0.25, 0.3) is 0 Å². The van der Waals surface area contributed by atoms with Crippen LogP contribution in [0.15, 0.2) is 23.2 Å². The fourth-order valence-corrected chi connectivity index (χ4v) is 2.36. The van der Waals surface area contributed by atoms with Gasteiger partial charge in [-0.15, -0.1) is 0 Å². The van der Waals surface area contributed by atoms with E-state index in [0.29, 0.717) is 12.5 Å². The molecular formula is C18H30F2N4O. The Bertz CT molecular complexity index is 540. The minimum atomic E-state index is -0.823. The van der Waals surface area contributed by atoms with Crippen LogP contribution in [0.2, 0.25) is 0 Å². The number of methoxy groups -OCH3 is 1. The van der Waals surface area contributed by atoms with Gasteiger partial charge in [0.05, 0.1) is 0 Å². The third-order valence-electron chi connectivity index (χ3n) is 3.99. The van der Waals surface area contributed by atoms with Crippen LogP contribution in [0.1, 0.15) is 24.8 Å². The number of ether oxygens (including phenoxy) is 1. The second-order valence-corrected chi connectivity index (χ2v) is 6.10. The molecule has 1 rings (SSSR count). The fourth-order valence-electron chi connectivity index (χ4n) is 2.36. The Morgan fingerprint density at radius 2 is 2.00 bits per heavy atom. The van der Waals surface area contributed by atoms with Crippen LogP contribution in [-0.2, 0) is 4.74 Å². The number of halogens is 2. The molecule has 0 aliphatic heterocycles. The molecule has 0 saturated carbocycles. The number of hydrogen-bond donors (Lipinski definition) is 2. The second-order valence-electron chi connectivity index (χ2n) is 6.10. The molecule has 0 spiro atoms. The lowest BCUT2D eigenvalue weighted by molar-refractivity contribution is 0.180. The topological polar surface area (TPSA) is 48.9 Å². The van der Waals surface area contributed by atoms with E-state index in [1.165, 1.54) is 6.07 Å². The lowest BCUT2D eigenvalue weighted by atomic mass is 10.0. The summed E-state index contributed by atoms with van der Waals surface area (Å²) >= 11 is 0. The number of nitrogens with one attached hydrogen (secondary N) is 2. The largest absolute Gasteiger partial charge is 0.385 e. The number of benzene rings is 1. The maximum absolute atomic E-state index is 13.3. The summed E-state index contributed by atoms with van der Waals surface area (Å²) in [4.78, 5) is 6.40. The molecule has 1 unspecified atom stereocenters. The van der Waals surface area contributed by atoms with Crippen molar-refractivity contribution in [1.82, 2.24) is 15.5 Å². The quantitative estimate of drug-likeness (QED) is 0.383. The van der Waals surface area contributed by atoms with Crippen molar-refractivity contribution in [3.63, 3.8) is 0 Å². The molecule has 1 atom stereocenters. The highest BCUT2D eigenvalue weighted by atomic mass is 19.2. The number of nitrogens with zero attached hydrogens (tertiary/aromatic N) is 2. The maximum Gasteiger partial charge on any atom is 0.191 e. The molecule has 0 aromatic heterocycles. The molecular weight excluding hydrogens is 326 g/mol. The van der Waals surface area contributed by atoms with Crippen LogP contribution in [0.5, 0.6) is 0 Å². The Morgan fingerprint density at radius 1 is 1.24 bits per heavy atom. The number of hydrogen-bond acceptors (Lipinski definition) is 3. The van der Waals surface area contributed by atoms with E-state index in [4.69, 9.17) is 4.74 Å². The van der Waals surface area contributed by atoms with Crippen molar-refractivity contribution in [2.24, 2.45) is 4.99 Å². The standard InChI is InChI=1S/C18H30F2N4O/c1-14(15-6-7-16(19)17(20)12-15)13-23-18(21-2)22-8-10-24(3)9-5-11-25-4/h6-7,12,14H,5,8-11,13H2,1-4H3,(H2,21,22,23). The van der Waals surface area contributed by atoms with Crippen LogP contribution < -0.4 is 10.6 Å². The van der Waals surface area contributed by atoms with E-state index < -0.39 is 11.6 Å². The molecule has 1 aromatic carbocycles. The molecule has 0 heterocycles. The molecule has 25 heavy (non-hydrogen) atoms. The van der Waals surface area contributed by atoms with Gasteiger partial charge in [-0.2, -0.15) is 0 Å². The molecule has 2 N–H and O–H groups in total. The molecule has 0 bridgehead atoms. The highest BCUT2D eigenvalue weighted by Gasteiger charge is 2.10. The van der Waals surface area contributed by atoms with E-state index in [1.54, 1.807) is 20.2 Å². The molecule has 0 aliphatic carbocycles. The molecule has 0 aliphatic rings. The molecule has 1 aromatic rings. The summed E-state index contributed by atoms with van der Waals surface area (Å²) in [5, 5.41) is 6.46. The van der Waals surface area contributed by atoms with Gasteiger partial charge in [-0.25, -0.2) is 8.78 Å². The van der Waals surface area contributed by atoms with Gasteiger partial charge < -0.3 is 20.3 Å². The molecule has 5 nitrogen and oxygen atoms in total. The lowest BCUT2D eigenvalue weighted by Crippen LogP contribution is -2.42. The Morgan fingerprint density at radius 3 is 2.64 bits per heavy atom. The highest BCUT2D eigenvalue weighted by Crippen LogP contribution is 2.17. The summed E-state index contributed by atoms with van der Waals surface area (Å²) in [6.45, 7) is 5.94. The zero-order valence-electron chi connectivity index (χ0n) is 15.6. The van der Waals surface area contributed by atoms with E-state index in [0.717, 1.165) is 44.3 Å². The highest BCUT2D eigenvalue weighted by molar-refractivity contribution is 5.79. The van der Waals surface area contributed by atoms with Crippen LogP contribution in [-0.4, -0.2) is 64.9 Å². The number of guanidine groups is 1. The summed E-state index contributed by atoms with van der Waals surface area (Å²) in [6, 6.07) is 4.01. The average Bonchev–Trinajstić information content (AvgIpc) is 2.60. The lowest BCUT2D eigenvalue weighted by Gasteiger charge is -2.19. The van der Waals surface area contributed by atoms with Crippen molar-refractivity contribution < 1.29 is 13.5 Å². The van der Waals surface area contributed by atoms with E-state index >= 15 is 0 Å². The van der Waals surface area contributed by atoms with Gasteiger partial charge in [0, 0.05) is 46.9 Å². The van der Waals surface area contributed by atoms with Gasteiger partial charge in [0.15, 0.2) is 17.6 Å². The number of likely N-dealkylation sites (N-methyl/N-ethyl adjacent to an activating group) is 1. The number of rotatable bonds is 10. The molecule has 0 fully saturated rings. The SMILES string of the molecule is CN=C(NCCN(C)CCCOC)NCC(C)c1ccc(F)c(F)c1. The first kappa shape index (κ1) is 21.3. The van der Waals surface area contributed by atoms with Crippen molar-refractivity contribution in [2.45, 2.75) is 19.3 Å². The normalized spacial score (nSPS) is 13.2. The predicted octanol–water partition coefficient (Wildman–Crippen LogP) is 2.20. The van der Waals surface area contributed by atoms with Crippen molar-refractivity contribution >= 4 is 5.96 Å². The first-order valence-electron chi connectivity index (χ1n) is 8.54. The van der Waals surface area contributed by atoms with Crippen LogP contribution in [0.3, 0.4) is 0 Å². The van der Waals surface area contributed by atoms with Crippen LogP contribution in [0.25, 0.3) is 0 Å². The monoisotopic (exact) mass is 356 g/mol. The third kappa shape index (κ3) is 8.27. The first-order chi connectivity index (χ1) is 12.0.